The number of benzene rings is 1. The molecule has 4 N–H and O–H groups in total. The minimum absolute atomic E-state index is 0.0282. The maximum Gasteiger partial charge on any atom is 0.459 e. The number of hydrogen-bond donors (Lipinski definition) is 3. The second-order valence-corrected chi connectivity index (χ2v) is 10.2. The summed E-state index contributed by atoms with van der Waals surface area (Å²) in [7, 11) is -3.94. The fourth-order valence-corrected chi connectivity index (χ4v) is 4.95. The van der Waals surface area contributed by atoms with Gasteiger partial charge in [0.1, 0.15) is 23.8 Å². The molecule has 1 aliphatic rings. The van der Waals surface area contributed by atoms with E-state index in [0.717, 1.165) is 11.5 Å². The predicted octanol–water partition coefficient (Wildman–Crippen LogP) is 2.65. The van der Waals surface area contributed by atoms with Crippen molar-refractivity contribution in [2.45, 2.75) is 57.8 Å². The number of rotatable bonds is 9. The van der Waals surface area contributed by atoms with Gasteiger partial charge < -0.3 is 20.1 Å². The standard InChI is InChI=1S/C21H30FN4O6P/c1-13(2)14(3)25-33(29,32-15-8-6-5-7-9-15)30-12-16-18(27)21(4,22)19(31-16)26-11-10-17(23)24-20(26)28/h5-11,13-14,16,18-19,27H,12H2,1-4H3,(H,25,29)(H2,23,24,28)/t14-,16+,18-,19+,21+,33?/m0/s1. The molecule has 1 aliphatic heterocycles. The van der Waals surface area contributed by atoms with Gasteiger partial charge in [0.2, 0.25) is 0 Å². The minimum atomic E-state index is -3.94. The van der Waals surface area contributed by atoms with Crippen LogP contribution in [-0.4, -0.2) is 45.2 Å². The largest absolute Gasteiger partial charge is 0.459 e. The Balaban J connectivity index is 1.79. The lowest BCUT2D eigenvalue weighted by molar-refractivity contribution is -0.0592. The van der Waals surface area contributed by atoms with Crippen LogP contribution in [0.5, 0.6) is 5.75 Å². The summed E-state index contributed by atoms with van der Waals surface area (Å²) in [5.74, 6) is 0.391. The fourth-order valence-electron chi connectivity index (χ4n) is 3.24. The average Bonchev–Trinajstić information content (AvgIpc) is 2.96. The molecule has 12 heteroatoms. The van der Waals surface area contributed by atoms with Crippen molar-refractivity contribution in [1.29, 1.82) is 0 Å². The van der Waals surface area contributed by atoms with Crippen LogP contribution >= 0.6 is 7.75 Å². The Labute approximate surface area is 191 Å². The second-order valence-electron chi connectivity index (χ2n) is 8.52. The van der Waals surface area contributed by atoms with Crippen molar-refractivity contribution < 1.29 is 27.8 Å². The number of nitrogens with one attached hydrogen (secondary N) is 1. The van der Waals surface area contributed by atoms with E-state index in [2.05, 4.69) is 10.1 Å². The Kier molecular flexibility index (Phi) is 7.60. The van der Waals surface area contributed by atoms with Gasteiger partial charge in [0.05, 0.1) is 6.61 Å². The molecule has 0 spiro atoms. The van der Waals surface area contributed by atoms with Crippen LogP contribution in [0.1, 0.15) is 33.9 Å². The summed E-state index contributed by atoms with van der Waals surface area (Å²) in [5.41, 5.74) is 2.29. The van der Waals surface area contributed by atoms with Crippen molar-refractivity contribution in [3.8, 4) is 5.75 Å². The molecule has 182 valence electrons. The van der Waals surface area contributed by atoms with E-state index in [1.165, 1.54) is 12.3 Å². The number of alkyl halides is 1. The molecule has 0 bridgehead atoms. The summed E-state index contributed by atoms with van der Waals surface area (Å²) in [6.07, 6.45) is -3.17. The third-order valence-corrected chi connectivity index (χ3v) is 7.22. The first-order chi connectivity index (χ1) is 15.4. The van der Waals surface area contributed by atoms with E-state index < -0.39 is 44.1 Å². The average molecular weight is 484 g/mol. The van der Waals surface area contributed by atoms with Crippen molar-refractivity contribution >= 4 is 13.6 Å². The van der Waals surface area contributed by atoms with E-state index in [-0.39, 0.29) is 17.8 Å². The molecule has 1 unspecified atom stereocenters. The van der Waals surface area contributed by atoms with Gasteiger partial charge in [-0.15, -0.1) is 0 Å². The van der Waals surface area contributed by atoms with Gasteiger partial charge >= 0.3 is 13.4 Å². The number of nitrogen functional groups attached to an aromatic ring is 1. The summed E-state index contributed by atoms with van der Waals surface area (Å²) in [4.78, 5) is 15.7. The predicted molar refractivity (Wildman–Crippen MR) is 120 cm³/mol. The fraction of sp³-hybridized carbons (Fsp3) is 0.524. The quantitative estimate of drug-likeness (QED) is 0.459. The Bertz CT molecular complexity index is 1050. The normalized spacial score (nSPS) is 27.9. The molecule has 1 aromatic carbocycles. The van der Waals surface area contributed by atoms with Crippen LogP contribution in [0.15, 0.2) is 47.4 Å². The van der Waals surface area contributed by atoms with Crippen LogP contribution in [0.25, 0.3) is 0 Å². The number of nitrogens with two attached hydrogens (primary N) is 1. The molecular formula is C21H30FN4O6P. The van der Waals surface area contributed by atoms with Gasteiger partial charge in [-0.3, -0.25) is 9.09 Å². The van der Waals surface area contributed by atoms with Crippen molar-refractivity contribution in [3.05, 3.63) is 53.1 Å². The Morgan fingerprint density at radius 1 is 1.33 bits per heavy atom. The number of hydrogen-bond acceptors (Lipinski definition) is 8. The molecule has 1 aromatic heterocycles. The molecule has 0 saturated carbocycles. The highest BCUT2D eigenvalue weighted by Gasteiger charge is 2.55. The highest BCUT2D eigenvalue weighted by Crippen LogP contribution is 2.47. The summed E-state index contributed by atoms with van der Waals surface area (Å²) < 4.78 is 46.6. The second kappa shape index (κ2) is 9.90. The molecule has 0 amide bonds. The van der Waals surface area contributed by atoms with Crippen LogP contribution in [-0.2, 0) is 13.8 Å². The van der Waals surface area contributed by atoms with Crippen molar-refractivity contribution in [1.82, 2.24) is 14.6 Å². The number of aliphatic hydroxyl groups excluding tert-OH is 1. The maximum atomic E-state index is 15.4. The smallest absolute Gasteiger partial charge is 0.413 e. The zero-order valence-electron chi connectivity index (χ0n) is 18.9. The molecule has 0 aliphatic carbocycles. The first-order valence-electron chi connectivity index (χ1n) is 10.6. The number of para-hydroxylation sites is 1. The lowest BCUT2D eigenvalue weighted by Gasteiger charge is -2.27. The van der Waals surface area contributed by atoms with Gasteiger partial charge in [-0.1, -0.05) is 32.0 Å². The topological polar surface area (TPSA) is 138 Å². The molecular weight excluding hydrogens is 454 g/mol. The van der Waals surface area contributed by atoms with Gasteiger partial charge in [0, 0.05) is 12.2 Å². The summed E-state index contributed by atoms with van der Waals surface area (Å²) in [6, 6.07) is 9.52. The van der Waals surface area contributed by atoms with Crippen LogP contribution in [0.2, 0.25) is 0 Å². The van der Waals surface area contributed by atoms with Gasteiger partial charge in [-0.25, -0.2) is 18.8 Å². The first kappa shape index (κ1) is 25.3. The van der Waals surface area contributed by atoms with E-state index >= 15 is 4.39 Å². The van der Waals surface area contributed by atoms with Crippen LogP contribution in [0, 0.1) is 5.92 Å². The third-order valence-electron chi connectivity index (χ3n) is 5.56. The molecule has 0 radical (unpaired) electrons. The summed E-state index contributed by atoms with van der Waals surface area (Å²) >= 11 is 0. The Hall–Kier alpha value is -2.30. The molecule has 2 heterocycles. The van der Waals surface area contributed by atoms with E-state index in [1.54, 1.807) is 30.3 Å². The highest BCUT2D eigenvalue weighted by atomic mass is 31.2. The number of aliphatic hydroxyl groups is 1. The number of ether oxygens (including phenoxy) is 1. The maximum absolute atomic E-state index is 15.4. The number of halogens is 1. The molecule has 33 heavy (non-hydrogen) atoms. The van der Waals surface area contributed by atoms with Crippen molar-refractivity contribution in [2.75, 3.05) is 12.3 Å². The van der Waals surface area contributed by atoms with Gasteiger partial charge in [-0.05, 0) is 38.0 Å². The van der Waals surface area contributed by atoms with E-state index in [0.29, 0.717) is 5.75 Å². The van der Waals surface area contributed by atoms with Gasteiger partial charge in [-0.2, -0.15) is 4.98 Å². The molecule has 10 nitrogen and oxygen atoms in total. The SMILES string of the molecule is CC(C)[C@H](C)NP(=O)(OC[C@H]1O[C@@H](n2ccc(N)nc2=O)[C@](C)(F)[C@H]1O)Oc1ccccc1. The summed E-state index contributed by atoms with van der Waals surface area (Å²) in [6.45, 7) is 6.34. The van der Waals surface area contributed by atoms with E-state index in [1.807, 2.05) is 20.8 Å². The lowest BCUT2D eigenvalue weighted by atomic mass is 9.98. The summed E-state index contributed by atoms with van der Waals surface area (Å²) in [5, 5.41) is 13.4. The van der Waals surface area contributed by atoms with E-state index in [9.17, 15) is 14.5 Å². The van der Waals surface area contributed by atoms with E-state index in [4.69, 9.17) is 19.5 Å². The monoisotopic (exact) mass is 484 g/mol. The van der Waals surface area contributed by atoms with Gasteiger partial charge in [0.25, 0.3) is 0 Å². The number of anilines is 1. The molecule has 6 atom stereocenters. The zero-order chi connectivity index (χ0) is 24.4. The number of aromatic nitrogens is 2. The molecule has 1 saturated heterocycles. The lowest BCUT2D eigenvalue weighted by Crippen LogP contribution is -2.43. The Morgan fingerprint density at radius 3 is 2.61 bits per heavy atom. The number of nitrogens with zero attached hydrogens (tertiary/aromatic N) is 2. The molecule has 1 fully saturated rings. The minimum Gasteiger partial charge on any atom is -0.413 e. The third kappa shape index (κ3) is 5.80. The van der Waals surface area contributed by atoms with Crippen molar-refractivity contribution in [2.24, 2.45) is 5.92 Å². The van der Waals surface area contributed by atoms with Crippen LogP contribution in [0.4, 0.5) is 10.2 Å². The molecule has 3 rings (SSSR count). The Morgan fingerprint density at radius 2 is 2.00 bits per heavy atom. The van der Waals surface area contributed by atoms with Crippen molar-refractivity contribution in [3.63, 3.8) is 0 Å². The van der Waals surface area contributed by atoms with Gasteiger partial charge in [0.15, 0.2) is 11.9 Å². The van der Waals surface area contributed by atoms with Crippen LogP contribution in [0.3, 0.4) is 0 Å². The molecule has 2 aromatic rings. The zero-order valence-corrected chi connectivity index (χ0v) is 19.8. The first-order valence-corrected chi connectivity index (χ1v) is 12.1. The highest BCUT2D eigenvalue weighted by molar-refractivity contribution is 7.52. The van der Waals surface area contributed by atoms with Crippen LogP contribution < -0.4 is 21.0 Å².